The average Bonchev–Trinajstić information content (AvgIpc) is 2.72. The number of nitrogens with zero attached hydrogens (tertiary/aromatic N) is 1. The number of carbonyl (C=O) groups excluding carboxylic acids is 2. The minimum atomic E-state index is -0.0522. The van der Waals surface area contributed by atoms with E-state index in [0.29, 0.717) is 24.0 Å². The van der Waals surface area contributed by atoms with Crippen molar-refractivity contribution in [1.29, 1.82) is 0 Å². The number of epoxide rings is 1. The Kier molecular flexibility index (Phi) is 1.43. The lowest BCUT2D eigenvalue weighted by atomic mass is 9.81. The average molecular weight is 221 g/mol. The van der Waals surface area contributed by atoms with E-state index < -0.39 is 0 Å². The second-order valence-electron chi connectivity index (χ2n) is 5.82. The first-order chi connectivity index (χ1) is 7.61. The van der Waals surface area contributed by atoms with E-state index in [1.165, 1.54) is 4.90 Å². The molecular formula is C12H15NO3. The SMILES string of the molecule is CC(C)N1C(=O)[C@@H]2[C@H]3C[C@H]([C@@H]4O[C@H]34)[C@@H]2C1=O. The van der Waals surface area contributed by atoms with Gasteiger partial charge in [0, 0.05) is 17.9 Å². The van der Waals surface area contributed by atoms with Crippen molar-refractivity contribution < 1.29 is 14.3 Å². The lowest BCUT2D eigenvalue weighted by Crippen LogP contribution is -2.38. The molecule has 4 nitrogen and oxygen atoms in total. The van der Waals surface area contributed by atoms with Crippen LogP contribution in [0.5, 0.6) is 0 Å². The van der Waals surface area contributed by atoms with Crippen LogP contribution >= 0.6 is 0 Å². The zero-order chi connectivity index (χ0) is 11.2. The van der Waals surface area contributed by atoms with E-state index in [1.807, 2.05) is 13.8 Å². The van der Waals surface area contributed by atoms with Crippen LogP contribution in [0.4, 0.5) is 0 Å². The van der Waals surface area contributed by atoms with E-state index in [4.69, 9.17) is 4.74 Å². The lowest BCUT2D eigenvalue weighted by molar-refractivity contribution is -0.143. The number of fused-ring (bicyclic) bond motifs is 8. The second-order valence-corrected chi connectivity index (χ2v) is 5.82. The number of rotatable bonds is 1. The van der Waals surface area contributed by atoms with Crippen LogP contribution in [0.3, 0.4) is 0 Å². The Morgan fingerprint density at radius 2 is 1.62 bits per heavy atom. The summed E-state index contributed by atoms with van der Waals surface area (Å²) >= 11 is 0. The Balaban J connectivity index is 1.75. The molecule has 0 aromatic carbocycles. The molecule has 2 heterocycles. The minimum absolute atomic E-state index is 0.00208. The molecule has 2 aliphatic carbocycles. The lowest BCUT2D eigenvalue weighted by Gasteiger charge is -2.21. The molecule has 4 rings (SSSR count). The fourth-order valence-corrected chi connectivity index (χ4v) is 4.25. The van der Waals surface area contributed by atoms with Crippen molar-refractivity contribution >= 4 is 11.8 Å². The minimum Gasteiger partial charge on any atom is -0.369 e. The van der Waals surface area contributed by atoms with Crippen LogP contribution in [0.1, 0.15) is 20.3 Å². The largest absolute Gasteiger partial charge is 0.369 e. The van der Waals surface area contributed by atoms with Gasteiger partial charge in [0.25, 0.3) is 0 Å². The summed E-state index contributed by atoms with van der Waals surface area (Å²) in [6.45, 7) is 3.83. The Labute approximate surface area is 93.9 Å². The van der Waals surface area contributed by atoms with Gasteiger partial charge in [-0.2, -0.15) is 0 Å². The fraction of sp³-hybridized carbons (Fsp3) is 0.833. The highest BCUT2D eigenvalue weighted by Gasteiger charge is 2.73. The summed E-state index contributed by atoms with van der Waals surface area (Å²) in [5, 5.41) is 0. The van der Waals surface area contributed by atoms with Crippen molar-refractivity contribution in [2.45, 2.75) is 38.5 Å². The number of imide groups is 1. The van der Waals surface area contributed by atoms with Crippen molar-refractivity contribution in [3.8, 4) is 0 Å². The third-order valence-corrected chi connectivity index (χ3v) is 4.82. The predicted molar refractivity (Wildman–Crippen MR) is 54.2 cm³/mol. The normalized spacial score (nSPS) is 52.6. The van der Waals surface area contributed by atoms with Gasteiger partial charge in [-0.25, -0.2) is 0 Å². The van der Waals surface area contributed by atoms with Crippen molar-refractivity contribution in [2.24, 2.45) is 23.7 Å². The Bertz CT molecular complexity index is 373. The molecule has 4 aliphatic rings. The summed E-state index contributed by atoms with van der Waals surface area (Å²) in [5.74, 6) is 0.686. The van der Waals surface area contributed by atoms with Crippen LogP contribution in [-0.4, -0.2) is 35.0 Å². The van der Waals surface area contributed by atoms with Gasteiger partial charge in [0.15, 0.2) is 0 Å². The quantitative estimate of drug-likeness (QED) is 0.476. The molecule has 2 bridgehead atoms. The third-order valence-electron chi connectivity index (χ3n) is 4.82. The molecule has 0 aromatic rings. The van der Waals surface area contributed by atoms with Crippen LogP contribution in [0.2, 0.25) is 0 Å². The summed E-state index contributed by atoms with van der Waals surface area (Å²) in [7, 11) is 0. The van der Waals surface area contributed by atoms with Gasteiger partial charge in [-0.15, -0.1) is 0 Å². The molecule has 0 aromatic heterocycles. The van der Waals surface area contributed by atoms with Gasteiger partial charge in [-0.1, -0.05) is 0 Å². The third kappa shape index (κ3) is 0.796. The second kappa shape index (κ2) is 2.50. The molecule has 4 heteroatoms. The Morgan fingerprint density at radius 1 is 1.12 bits per heavy atom. The summed E-state index contributed by atoms with van der Waals surface area (Å²) in [4.78, 5) is 26.0. The standard InChI is InChI=1S/C12H15NO3/c1-4(2)13-11(14)7-5-3-6(8(7)12(13)15)10-9(5)16-10/h4-10H,3H2,1-2H3/t5-,6+,7-,8+,9-,10+. The first-order valence-corrected chi connectivity index (χ1v) is 6.13. The van der Waals surface area contributed by atoms with Gasteiger partial charge in [0.2, 0.25) is 11.8 Å². The molecule has 2 saturated carbocycles. The van der Waals surface area contributed by atoms with Gasteiger partial charge in [0.05, 0.1) is 24.0 Å². The van der Waals surface area contributed by atoms with Crippen molar-refractivity contribution in [3.63, 3.8) is 0 Å². The number of likely N-dealkylation sites (tertiary alicyclic amines) is 1. The first kappa shape index (κ1) is 9.16. The molecule has 6 atom stereocenters. The topological polar surface area (TPSA) is 49.9 Å². The van der Waals surface area contributed by atoms with E-state index >= 15 is 0 Å². The summed E-state index contributed by atoms with van der Waals surface area (Å²) in [6.07, 6.45) is 1.64. The smallest absolute Gasteiger partial charge is 0.233 e. The van der Waals surface area contributed by atoms with E-state index in [0.717, 1.165) is 6.42 Å². The molecule has 2 amide bonds. The molecule has 2 saturated heterocycles. The molecule has 0 radical (unpaired) electrons. The zero-order valence-electron chi connectivity index (χ0n) is 9.42. The molecule has 0 N–H and O–H groups in total. The van der Waals surface area contributed by atoms with E-state index in [-0.39, 0.29) is 29.7 Å². The number of ether oxygens (including phenoxy) is 1. The van der Waals surface area contributed by atoms with Crippen molar-refractivity contribution in [3.05, 3.63) is 0 Å². The molecule has 0 unspecified atom stereocenters. The van der Waals surface area contributed by atoms with Gasteiger partial charge in [-0.3, -0.25) is 14.5 Å². The first-order valence-electron chi connectivity index (χ1n) is 6.13. The van der Waals surface area contributed by atoms with E-state index in [2.05, 4.69) is 0 Å². The highest BCUT2D eigenvalue weighted by molar-refractivity contribution is 6.06. The van der Waals surface area contributed by atoms with Crippen LogP contribution in [0, 0.1) is 23.7 Å². The Hall–Kier alpha value is -0.900. The van der Waals surface area contributed by atoms with Crippen LogP contribution in [-0.2, 0) is 14.3 Å². The van der Waals surface area contributed by atoms with Gasteiger partial charge < -0.3 is 4.74 Å². The molecule has 4 fully saturated rings. The van der Waals surface area contributed by atoms with Gasteiger partial charge in [0.1, 0.15) is 0 Å². The fourth-order valence-electron chi connectivity index (χ4n) is 4.25. The molecule has 0 spiro atoms. The van der Waals surface area contributed by atoms with Crippen LogP contribution < -0.4 is 0 Å². The Morgan fingerprint density at radius 3 is 2.06 bits per heavy atom. The maximum Gasteiger partial charge on any atom is 0.233 e. The van der Waals surface area contributed by atoms with Crippen LogP contribution in [0.25, 0.3) is 0 Å². The molecule has 16 heavy (non-hydrogen) atoms. The van der Waals surface area contributed by atoms with Gasteiger partial charge in [-0.05, 0) is 20.3 Å². The molecule has 86 valence electrons. The monoisotopic (exact) mass is 221 g/mol. The van der Waals surface area contributed by atoms with Crippen LogP contribution in [0.15, 0.2) is 0 Å². The zero-order valence-corrected chi connectivity index (χ0v) is 9.42. The maximum absolute atomic E-state index is 12.2. The maximum atomic E-state index is 12.2. The molecule has 2 aliphatic heterocycles. The highest BCUT2D eigenvalue weighted by atomic mass is 16.6. The summed E-state index contributed by atoms with van der Waals surface area (Å²) in [6, 6.07) is 0.00208. The highest BCUT2D eigenvalue weighted by Crippen LogP contribution is 2.64. The van der Waals surface area contributed by atoms with E-state index in [1.54, 1.807) is 0 Å². The van der Waals surface area contributed by atoms with Gasteiger partial charge >= 0.3 is 0 Å². The number of carbonyl (C=O) groups is 2. The summed E-state index contributed by atoms with van der Waals surface area (Å²) in [5.41, 5.74) is 0. The van der Waals surface area contributed by atoms with Crippen molar-refractivity contribution in [1.82, 2.24) is 4.90 Å². The predicted octanol–water partition coefficient (Wildman–Crippen LogP) is 0.413. The number of hydrogen-bond donors (Lipinski definition) is 0. The van der Waals surface area contributed by atoms with Crippen molar-refractivity contribution in [2.75, 3.05) is 0 Å². The molecular weight excluding hydrogens is 206 g/mol. The number of amides is 2. The summed E-state index contributed by atoms with van der Waals surface area (Å²) < 4.78 is 5.55. The number of hydrogen-bond acceptors (Lipinski definition) is 3. The van der Waals surface area contributed by atoms with E-state index in [9.17, 15) is 9.59 Å².